The molecule has 1 aliphatic rings. The van der Waals surface area contributed by atoms with Gasteiger partial charge in [-0.05, 0) is 30.7 Å². The summed E-state index contributed by atoms with van der Waals surface area (Å²) < 4.78 is 0. The highest BCUT2D eigenvalue weighted by Crippen LogP contribution is 2.24. The molecule has 1 heterocycles. The smallest absolute Gasteiger partial charge is 0.209 e. The summed E-state index contributed by atoms with van der Waals surface area (Å²) in [6, 6.07) is 15.1. The number of halogens is 1. The van der Waals surface area contributed by atoms with Crippen LogP contribution in [0.15, 0.2) is 53.6 Å². The number of hydrogen-bond donors (Lipinski definition) is 1. The van der Waals surface area contributed by atoms with Gasteiger partial charge in [0.15, 0.2) is 0 Å². The molecule has 1 atom stereocenters. The number of Topliss-reactive ketones (excluding diaryl/α,β-unsaturated/α-hetero) is 1. The van der Waals surface area contributed by atoms with Crippen LogP contribution < -0.4 is 5.43 Å². The van der Waals surface area contributed by atoms with E-state index in [0.29, 0.717) is 22.8 Å². The van der Waals surface area contributed by atoms with E-state index >= 15 is 0 Å². The van der Waals surface area contributed by atoms with E-state index in [1.807, 2.05) is 55.5 Å². The zero-order chi connectivity index (χ0) is 14.8. The van der Waals surface area contributed by atoms with Crippen molar-refractivity contribution in [3.05, 3.63) is 70.2 Å². The fourth-order valence-electron chi connectivity index (χ4n) is 2.51. The normalized spacial score (nSPS) is 17.2. The zero-order valence-electron chi connectivity index (χ0n) is 11.6. The molecule has 0 spiro atoms. The van der Waals surface area contributed by atoms with Crippen molar-refractivity contribution in [3.63, 3.8) is 0 Å². The Morgan fingerprint density at radius 2 is 2.00 bits per heavy atom. The number of carbonyl (C=O) groups excluding carboxylic acids is 1. The number of ketones is 1. The van der Waals surface area contributed by atoms with Crippen LogP contribution in [0.25, 0.3) is 0 Å². The summed E-state index contributed by atoms with van der Waals surface area (Å²) in [5.74, 6) is -0.0565. The number of benzene rings is 2. The van der Waals surface area contributed by atoms with E-state index < -0.39 is 0 Å². The lowest BCUT2D eigenvalue weighted by Gasteiger charge is -2.12. The van der Waals surface area contributed by atoms with Gasteiger partial charge in [-0.3, -0.25) is 4.79 Å². The van der Waals surface area contributed by atoms with Crippen LogP contribution in [0.1, 0.15) is 27.4 Å². The minimum atomic E-state index is -0.0321. The van der Waals surface area contributed by atoms with Crippen molar-refractivity contribution in [2.75, 3.05) is 6.54 Å². The average molecular weight is 299 g/mol. The number of carbonyl (C=O) groups is 1. The second-order valence-corrected chi connectivity index (χ2v) is 5.60. The molecule has 0 amide bonds. The lowest BCUT2D eigenvalue weighted by Crippen LogP contribution is -2.21. The highest BCUT2D eigenvalue weighted by atomic mass is 35.5. The van der Waals surface area contributed by atoms with Crippen LogP contribution in [0, 0.1) is 6.92 Å². The Labute approximate surface area is 128 Å². The van der Waals surface area contributed by atoms with Crippen molar-refractivity contribution in [1.29, 1.82) is 0 Å². The van der Waals surface area contributed by atoms with Gasteiger partial charge in [0.25, 0.3) is 0 Å². The van der Waals surface area contributed by atoms with Crippen LogP contribution in [0.3, 0.4) is 0 Å². The Morgan fingerprint density at radius 3 is 2.71 bits per heavy atom. The third-order valence-corrected chi connectivity index (χ3v) is 3.86. The molecule has 2 aromatic carbocycles. The van der Waals surface area contributed by atoms with Gasteiger partial charge in [0.05, 0.1) is 5.92 Å². The SMILES string of the molecule is Cc1cccc(C(=O)C2=NNCC2c2ccc(Cl)cc2)c1. The second kappa shape index (κ2) is 5.70. The van der Waals surface area contributed by atoms with E-state index in [1.54, 1.807) is 0 Å². The number of rotatable bonds is 3. The predicted octanol–water partition coefficient (Wildman–Crippen LogP) is 3.57. The van der Waals surface area contributed by atoms with Crippen molar-refractivity contribution >= 4 is 23.1 Å². The van der Waals surface area contributed by atoms with Gasteiger partial charge >= 0.3 is 0 Å². The highest BCUT2D eigenvalue weighted by molar-refractivity contribution is 6.48. The third-order valence-electron chi connectivity index (χ3n) is 3.61. The standard InChI is InChI=1S/C17H15ClN2O/c1-11-3-2-4-13(9-11)17(21)16-15(10-19-20-16)12-5-7-14(18)8-6-12/h2-9,15,19H,10H2,1H3. The maximum absolute atomic E-state index is 12.7. The topological polar surface area (TPSA) is 41.5 Å². The summed E-state index contributed by atoms with van der Waals surface area (Å²) in [6.07, 6.45) is 0. The van der Waals surface area contributed by atoms with Crippen LogP contribution in [-0.2, 0) is 0 Å². The molecule has 4 heteroatoms. The summed E-state index contributed by atoms with van der Waals surface area (Å²) in [5, 5.41) is 4.89. The van der Waals surface area contributed by atoms with Gasteiger partial charge in [-0.2, -0.15) is 5.10 Å². The van der Waals surface area contributed by atoms with Gasteiger partial charge in [0.1, 0.15) is 5.71 Å². The molecule has 106 valence electrons. The molecule has 0 bridgehead atoms. The summed E-state index contributed by atoms with van der Waals surface area (Å²) in [7, 11) is 0. The highest BCUT2D eigenvalue weighted by Gasteiger charge is 2.29. The molecule has 0 fully saturated rings. The van der Waals surface area contributed by atoms with Crippen LogP contribution >= 0.6 is 11.6 Å². The van der Waals surface area contributed by atoms with Gasteiger partial charge in [-0.15, -0.1) is 0 Å². The minimum Gasteiger partial charge on any atom is -0.309 e. The summed E-state index contributed by atoms with van der Waals surface area (Å²) >= 11 is 5.92. The first-order valence-corrected chi connectivity index (χ1v) is 7.20. The van der Waals surface area contributed by atoms with Gasteiger partial charge < -0.3 is 5.43 Å². The van der Waals surface area contributed by atoms with E-state index in [2.05, 4.69) is 10.5 Å². The third kappa shape index (κ3) is 2.83. The number of hydrazone groups is 1. The quantitative estimate of drug-likeness (QED) is 0.880. The van der Waals surface area contributed by atoms with E-state index in [9.17, 15) is 4.79 Å². The Bertz CT molecular complexity index is 707. The Kier molecular flexibility index (Phi) is 3.76. The van der Waals surface area contributed by atoms with Crippen LogP contribution in [0.4, 0.5) is 0 Å². The van der Waals surface area contributed by atoms with E-state index in [1.165, 1.54) is 0 Å². The fraction of sp³-hybridized carbons (Fsp3) is 0.176. The van der Waals surface area contributed by atoms with Crippen LogP contribution in [0.5, 0.6) is 0 Å². The summed E-state index contributed by atoms with van der Waals surface area (Å²) in [5.41, 5.74) is 6.28. The van der Waals surface area contributed by atoms with E-state index in [-0.39, 0.29) is 11.7 Å². The Morgan fingerprint density at radius 1 is 1.24 bits per heavy atom. The summed E-state index contributed by atoms with van der Waals surface area (Å²) in [6.45, 7) is 2.61. The molecule has 1 unspecified atom stereocenters. The molecule has 0 saturated carbocycles. The van der Waals surface area contributed by atoms with Gasteiger partial charge in [0.2, 0.25) is 5.78 Å². The second-order valence-electron chi connectivity index (χ2n) is 5.16. The number of nitrogens with zero attached hydrogens (tertiary/aromatic N) is 1. The molecule has 0 aromatic heterocycles. The van der Waals surface area contributed by atoms with Crippen molar-refractivity contribution in [1.82, 2.24) is 5.43 Å². The lowest BCUT2D eigenvalue weighted by molar-refractivity contribution is 0.106. The monoisotopic (exact) mass is 298 g/mol. The molecule has 3 nitrogen and oxygen atoms in total. The van der Waals surface area contributed by atoms with Crippen molar-refractivity contribution in [2.24, 2.45) is 5.10 Å². The fourth-order valence-corrected chi connectivity index (χ4v) is 2.64. The Balaban J connectivity index is 1.90. The van der Waals surface area contributed by atoms with E-state index in [0.717, 1.165) is 11.1 Å². The molecule has 0 saturated heterocycles. The molecule has 0 radical (unpaired) electrons. The maximum Gasteiger partial charge on any atom is 0.209 e. The molecular weight excluding hydrogens is 284 g/mol. The molecule has 1 N–H and O–H groups in total. The number of hydrogen-bond acceptors (Lipinski definition) is 3. The molecular formula is C17H15ClN2O. The molecule has 0 aliphatic carbocycles. The maximum atomic E-state index is 12.7. The number of nitrogens with one attached hydrogen (secondary N) is 1. The minimum absolute atomic E-state index is 0.0244. The van der Waals surface area contributed by atoms with Gasteiger partial charge in [0, 0.05) is 17.1 Å². The van der Waals surface area contributed by atoms with Gasteiger partial charge in [-0.25, -0.2) is 0 Å². The largest absolute Gasteiger partial charge is 0.309 e. The van der Waals surface area contributed by atoms with Crippen LogP contribution in [0.2, 0.25) is 5.02 Å². The van der Waals surface area contributed by atoms with Crippen molar-refractivity contribution in [2.45, 2.75) is 12.8 Å². The lowest BCUT2D eigenvalue weighted by atomic mass is 9.90. The molecule has 1 aliphatic heterocycles. The first-order valence-electron chi connectivity index (χ1n) is 6.82. The molecule has 3 rings (SSSR count). The Hall–Kier alpha value is -2.13. The van der Waals surface area contributed by atoms with Gasteiger partial charge in [-0.1, -0.05) is 47.5 Å². The van der Waals surface area contributed by atoms with Crippen molar-refractivity contribution < 1.29 is 4.79 Å². The first-order chi connectivity index (χ1) is 10.1. The predicted molar refractivity (Wildman–Crippen MR) is 85.1 cm³/mol. The van der Waals surface area contributed by atoms with Crippen LogP contribution in [-0.4, -0.2) is 18.0 Å². The molecule has 2 aromatic rings. The first kappa shape index (κ1) is 13.8. The van der Waals surface area contributed by atoms with E-state index in [4.69, 9.17) is 11.6 Å². The van der Waals surface area contributed by atoms with Crippen molar-refractivity contribution in [3.8, 4) is 0 Å². The molecule has 21 heavy (non-hydrogen) atoms. The zero-order valence-corrected chi connectivity index (χ0v) is 12.4. The average Bonchev–Trinajstić information content (AvgIpc) is 2.96. The summed E-state index contributed by atoms with van der Waals surface area (Å²) in [4.78, 5) is 12.7. The number of aryl methyl sites for hydroxylation is 1.